The van der Waals surface area contributed by atoms with Crippen LogP contribution in [0.1, 0.15) is 263 Å². The summed E-state index contributed by atoms with van der Waals surface area (Å²) in [5.74, 6) is 4.54. The second-order valence-electron chi connectivity index (χ2n) is 24.5. The zero-order valence-corrected chi connectivity index (χ0v) is 54.7. The van der Waals surface area contributed by atoms with Gasteiger partial charge in [0.05, 0.1) is 0 Å². The maximum Gasteiger partial charge on any atom is -0.0214 e. The van der Waals surface area contributed by atoms with Crippen LogP contribution in [0.3, 0.4) is 0 Å². The predicted molar refractivity (Wildman–Crippen MR) is 357 cm³/mol. The summed E-state index contributed by atoms with van der Waals surface area (Å²) in [6, 6.07) is 46.4. The number of aryl methyl sites for hydroxylation is 13. The molecule has 78 heavy (non-hydrogen) atoms. The minimum absolute atomic E-state index is 0. The Kier molecular flexibility index (Phi) is 33.4. The smallest absolute Gasteiger partial charge is 0.0214 e. The van der Waals surface area contributed by atoms with Crippen LogP contribution in [0.4, 0.5) is 0 Å². The maximum absolute atomic E-state index is 2.28. The molecule has 0 heterocycles. The van der Waals surface area contributed by atoms with Gasteiger partial charge in [0.2, 0.25) is 0 Å². The zero-order valence-electron chi connectivity index (χ0n) is 54.7. The molecule has 0 amide bonds. The van der Waals surface area contributed by atoms with E-state index < -0.39 is 0 Å². The Hall–Kier alpha value is -5.46. The lowest BCUT2D eigenvalue weighted by molar-refractivity contribution is 0.846. The first kappa shape index (κ1) is 72.5. The molecule has 0 aliphatic rings. The normalized spacial score (nSPS) is 10.5. The van der Waals surface area contributed by atoms with Crippen LogP contribution < -0.4 is 0 Å². The van der Waals surface area contributed by atoms with Crippen molar-refractivity contribution in [2.24, 2.45) is 0 Å². The molecule has 0 radical (unpaired) electrons. The van der Waals surface area contributed by atoms with Crippen LogP contribution in [0.5, 0.6) is 0 Å². The van der Waals surface area contributed by atoms with E-state index in [9.17, 15) is 0 Å². The van der Waals surface area contributed by atoms with Gasteiger partial charge in [-0.3, -0.25) is 0 Å². The first-order valence-electron chi connectivity index (χ1n) is 29.3. The van der Waals surface area contributed by atoms with E-state index in [1.807, 2.05) is 0 Å². The summed E-state index contributed by atoms with van der Waals surface area (Å²) in [5, 5.41) is 0. The minimum atomic E-state index is 0. The first-order chi connectivity index (χ1) is 35.8. The fraction of sp³-hybridized carbons (Fsp3) is 0.462. The lowest BCUT2D eigenvalue weighted by Gasteiger charge is -2.12. The van der Waals surface area contributed by atoms with E-state index >= 15 is 0 Å². The lowest BCUT2D eigenvalue weighted by atomic mass is 9.94. The summed E-state index contributed by atoms with van der Waals surface area (Å²) in [4.78, 5) is 0. The third-order valence-corrected chi connectivity index (χ3v) is 14.7. The summed E-state index contributed by atoms with van der Waals surface area (Å²) < 4.78 is 0. The Balaban J connectivity index is 0.000000885. The van der Waals surface area contributed by atoms with Crippen molar-refractivity contribution in [1.29, 1.82) is 0 Å². The molecule has 0 heteroatoms. The Morgan fingerprint density at radius 3 is 0.949 bits per heavy atom. The predicted octanol–water partition coefficient (Wildman–Crippen LogP) is 24.6. The molecule has 0 bridgehead atoms. The monoisotopic (exact) mass is 1050 g/mol. The summed E-state index contributed by atoms with van der Waals surface area (Å²) in [7, 11) is 0. The van der Waals surface area contributed by atoms with Gasteiger partial charge < -0.3 is 0 Å². The van der Waals surface area contributed by atoms with Gasteiger partial charge in [0.1, 0.15) is 0 Å². The Morgan fingerprint density at radius 2 is 0.603 bits per heavy atom. The van der Waals surface area contributed by atoms with Gasteiger partial charge in [0.15, 0.2) is 0 Å². The zero-order chi connectivity index (χ0) is 59.0. The molecule has 0 nitrogen and oxygen atoms in total. The molecule has 0 aliphatic carbocycles. The molecule has 0 N–H and O–H groups in total. The molecule has 0 saturated heterocycles. The van der Waals surface area contributed by atoms with Gasteiger partial charge in [0, 0.05) is 0 Å². The van der Waals surface area contributed by atoms with Gasteiger partial charge >= 0.3 is 0 Å². The highest BCUT2D eigenvalue weighted by Gasteiger charge is 2.07. The Morgan fingerprint density at radius 1 is 0.218 bits per heavy atom. The molecule has 428 valence electrons. The van der Waals surface area contributed by atoms with Crippen LogP contribution in [0.2, 0.25) is 0 Å². The quantitative estimate of drug-likeness (QED) is 0.149. The molecule has 0 aliphatic heterocycles. The number of hydrogen-bond donors (Lipinski definition) is 0. The fourth-order valence-electron chi connectivity index (χ4n) is 9.84. The second kappa shape index (κ2) is 35.9. The summed E-state index contributed by atoms with van der Waals surface area (Å²) in [6.45, 7) is 61.6. The number of rotatable bonds is 7. The molecule has 0 atom stereocenters. The van der Waals surface area contributed by atoms with Crippen molar-refractivity contribution in [3.05, 3.63) is 244 Å². The average Bonchev–Trinajstić information content (AvgIpc) is 3.32. The van der Waals surface area contributed by atoms with Crippen LogP contribution in [0.15, 0.2) is 127 Å². The third-order valence-electron chi connectivity index (χ3n) is 14.7. The van der Waals surface area contributed by atoms with Crippen molar-refractivity contribution in [2.45, 2.75) is 243 Å². The lowest BCUT2D eigenvalue weighted by Crippen LogP contribution is -1.94. The number of hydrogen-bond acceptors (Lipinski definition) is 0. The molecule has 0 unspecified atom stereocenters. The maximum atomic E-state index is 2.28. The third kappa shape index (κ3) is 26.0. The summed E-state index contributed by atoms with van der Waals surface area (Å²) in [5.41, 5.74) is 29.8. The van der Waals surface area contributed by atoms with Crippen LogP contribution >= 0.6 is 0 Å². The topological polar surface area (TPSA) is 0 Å². The molecule has 0 aromatic heterocycles. The van der Waals surface area contributed by atoms with E-state index in [-0.39, 0.29) is 7.43 Å². The van der Waals surface area contributed by atoms with Crippen molar-refractivity contribution in [3.63, 3.8) is 0 Å². The highest BCUT2D eigenvalue weighted by Crippen LogP contribution is 2.25. The standard InChI is InChI=1S/7C11H16.CH4/c1-8(2)11-6-9(3)5-10(4)7-11;1-8(2)11-6-5-9(3)10(4)7-11;1-8(2)11-6-5-9(3)7-10(11)4;2*1-8(2)11-7-9(3)5-6-10(11)4;1-8(2)11-7-5-6-9(3)10(11)4;1-8(2)11-9(3)6-5-7-10(11)4;/h7*5-8H,1-4H3;1H4. The molecule has 0 saturated carbocycles. The van der Waals surface area contributed by atoms with E-state index in [1.54, 1.807) is 0 Å². The molecule has 7 aromatic rings. The van der Waals surface area contributed by atoms with E-state index in [0.717, 1.165) is 0 Å². The van der Waals surface area contributed by atoms with Gasteiger partial charge in [-0.05, 0) is 227 Å². The highest BCUT2D eigenvalue weighted by molar-refractivity contribution is 5.38. The Bertz CT molecular complexity index is 2710. The van der Waals surface area contributed by atoms with Gasteiger partial charge in [-0.1, -0.05) is 260 Å². The van der Waals surface area contributed by atoms with Crippen molar-refractivity contribution in [2.75, 3.05) is 0 Å². The summed E-state index contributed by atoms with van der Waals surface area (Å²) in [6.07, 6.45) is 0. The van der Waals surface area contributed by atoms with Gasteiger partial charge in [-0.15, -0.1) is 0 Å². The number of benzene rings is 7. The van der Waals surface area contributed by atoms with E-state index in [1.165, 1.54) is 117 Å². The van der Waals surface area contributed by atoms with Crippen LogP contribution in [-0.4, -0.2) is 0 Å². The molecule has 0 fully saturated rings. The molecule has 7 aromatic carbocycles. The first-order valence-corrected chi connectivity index (χ1v) is 29.3. The largest absolute Gasteiger partial charge is 0.0776 e. The molecule has 0 spiro atoms. The van der Waals surface area contributed by atoms with Crippen LogP contribution in [0.25, 0.3) is 0 Å². The van der Waals surface area contributed by atoms with Crippen molar-refractivity contribution < 1.29 is 0 Å². The fourth-order valence-corrected chi connectivity index (χ4v) is 9.84. The SMILES string of the molecule is C.Cc1cc(C)cc(C(C)C)c1.Cc1ccc(C(C)C)c(C)c1.Cc1ccc(C(C)C)cc1C.Cc1ccc(C)c(C(C)C)c1.Cc1ccc(C)c(C(C)C)c1.Cc1cccc(C(C)C)c1C.Cc1cccc(C)c1C(C)C. The van der Waals surface area contributed by atoms with Gasteiger partial charge in [-0.25, -0.2) is 0 Å². The molecular formula is C78H116. The minimum Gasteiger partial charge on any atom is -0.0776 e. The van der Waals surface area contributed by atoms with E-state index in [2.05, 4.69) is 321 Å². The molecular weight excluding hydrogens is 937 g/mol. The van der Waals surface area contributed by atoms with Crippen LogP contribution in [-0.2, 0) is 0 Å². The van der Waals surface area contributed by atoms with Gasteiger partial charge in [-0.2, -0.15) is 0 Å². The molecule has 7 rings (SSSR count). The van der Waals surface area contributed by atoms with Crippen molar-refractivity contribution in [1.82, 2.24) is 0 Å². The van der Waals surface area contributed by atoms with Gasteiger partial charge in [0.25, 0.3) is 0 Å². The average molecular weight is 1050 g/mol. The van der Waals surface area contributed by atoms with Crippen molar-refractivity contribution >= 4 is 0 Å². The Labute approximate surface area is 484 Å². The second-order valence-corrected chi connectivity index (χ2v) is 24.5. The van der Waals surface area contributed by atoms with E-state index in [0.29, 0.717) is 41.4 Å². The van der Waals surface area contributed by atoms with Crippen LogP contribution in [0, 0.1) is 96.9 Å². The summed E-state index contributed by atoms with van der Waals surface area (Å²) >= 11 is 0. The van der Waals surface area contributed by atoms with Crippen molar-refractivity contribution in [3.8, 4) is 0 Å². The van der Waals surface area contributed by atoms with E-state index in [4.69, 9.17) is 0 Å². The highest BCUT2D eigenvalue weighted by atomic mass is 14.1.